The van der Waals surface area contributed by atoms with Crippen molar-refractivity contribution in [2.24, 2.45) is 0 Å². The van der Waals surface area contributed by atoms with Crippen LogP contribution in [0.2, 0.25) is 0 Å². The number of non-ortho nitro benzene ring substituents is 1. The monoisotopic (exact) mass is 536 g/mol. The first kappa shape index (κ1) is 26.1. The SMILES string of the molecule is O=C(O)CN(c1ccc(OC(C(=O)O)c2ccccc2)c2ccccc12)S(=O)(=O)c1ccc([N+](=O)[O-])cc1. The molecule has 1 atom stereocenters. The van der Waals surface area contributed by atoms with E-state index in [0.717, 1.165) is 24.3 Å². The zero-order valence-corrected chi connectivity index (χ0v) is 20.3. The highest BCUT2D eigenvalue weighted by atomic mass is 32.2. The van der Waals surface area contributed by atoms with E-state index in [1.807, 2.05) is 0 Å². The van der Waals surface area contributed by atoms with E-state index in [1.54, 1.807) is 54.6 Å². The average Bonchev–Trinajstić information content (AvgIpc) is 2.90. The number of carbonyl (C=O) groups is 2. The van der Waals surface area contributed by atoms with Crippen LogP contribution in [-0.4, -0.2) is 42.0 Å². The van der Waals surface area contributed by atoms with E-state index >= 15 is 0 Å². The first-order valence-electron chi connectivity index (χ1n) is 11.0. The lowest BCUT2D eigenvalue weighted by atomic mass is 10.1. The standard InChI is InChI=1S/C26H20N2O9S/c29-24(30)16-27(38(35,36)19-12-10-18(11-13-19)28(33)34)22-14-15-23(21-9-5-4-8-20(21)22)37-25(26(31)32)17-6-2-1-3-7-17/h1-15,25H,16H2,(H,29,30)(H,31,32). The van der Waals surface area contributed by atoms with Crippen molar-refractivity contribution in [1.82, 2.24) is 0 Å². The maximum absolute atomic E-state index is 13.5. The van der Waals surface area contributed by atoms with Gasteiger partial charge in [-0.1, -0.05) is 54.6 Å². The molecule has 0 fully saturated rings. The first-order valence-corrected chi connectivity index (χ1v) is 12.5. The van der Waals surface area contributed by atoms with Gasteiger partial charge in [-0.15, -0.1) is 0 Å². The topological polar surface area (TPSA) is 164 Å². The Bertz CT molecular complexity index is 1620. The predicted molar refractivity (Wildman–Crippen MR) is 137 cm³/mol. The summed E-state index contributed by atoms with van der Waals surface area (Å²) in [6.45, 7) is -0.939. The van der Waals surface area contributed by atoms with Crippen LogP contribution in [-0.2, 0) is 19.6 Å². The molecule has 0 amide bonds. The first-order chi connectivity index (χ1) is 18.1. The molecule has 0 aliphatic rings. The summed E-state index contributed by atoms with van der Waals surface area (Å²) in [6, 6.07) is 21.4. The Morgan fingerprint density at radius 2 is 1.47 bits per heavy atom. The number of ether oxygens (including phenoxy) is 1. The number of carboxylic acid groups (broad SMARTS) is 2. The molecule has 0 radical (unpaired) electrons. The number of anilines is 1. The van der Waals surface area contributed by atoms with E-state index in [4.69, 9.17) is 4.74 Å². The summed E-state index contributed by atoms with van der Waals surface area (Å²) in [5.74, 6) is -2.53. The zero-order chi connectivity index (χ0) is 27.4. The number of hydrogen-bond donors (Lipinski definition) is 2. The third kappa shape index (κ3) is 5.25. The molecule has 0 bridgehead atoms. The second-order valence-electron chi connectivity index (χ2n) is 8.03. The van der Waals surface area contributed by atoms with Crippen molar-refractivity contribution in [2.45, 2.75) is 11.0 Å². The zero-order valence-electron chi connectivity index (χ0n) is 19.5. The molecule has 12 heteroatoms. The van der Waals surface area contributed by atoms with Gasteiger partial charge in [-0.3, -0.25) is 19.2 Å². The number of benzene rings is 4. The molecule has 0 saturated heterocycles. The van der Waals surface area contributed by atoms with Gasteiger partial charge in [-0.05, 0) is 24.3 Å². The van der Waals surface area contributed by atoms with Crippen LogP contribution in [0.25, 0.3) is 10.8 Å². The summed E-state index contributed by atoms with van der Waals surface area (Å²) in [6.07, 6.45) is -1.36. The van der Waals surface area contributed by atoms with Gasteiger partial charge in [-0.25, -0.2) is 13.2 Å². The lowest BCUT2D eigenvalue weighted by Crippen LogP contribution is -2.36. The third-order valence-corrected chi connectivity index (χ3v) is 7.39. The maximum atomic E-state index is 13.5. The molecule has 4 aromatic rings. The van der Waals surface area contributed by atoms with E-state index in [-0.39, 0.29) is 27.4 Å². The van der Waals surface area contributed by atoms with Crippen LogP contribution in [0.5, 0.6) is 5.75 Å². The molecule has 38 heavy (non-hydrogen) atoms. The molecule has 11 nitrogen and oxygen atoms in total. The van der Waals surface area contributed by atoms with Gasteiger partial charge in [0.25, 0.3) is 15.7 Å². The minimum Gasteiger partial charge on any atom is -0.480 e. The third-order valence-electron chi connectivity index (χ3n) is 5.62. The number of hydrogen-bond acceptors (Lipinski definition) is 7. The van der Waals surface area contributed by atoms with Crippen molar-refractivity contribution in [1.29, 1.82) is 0 Å². The highest BCUT2D eigenvalue weighted by molar-refractivity contribution is 7.92. The van der Waals surface area contributed by atoms with Gasteiger partial charge in [0.15, 0.2) is 0 Å². The molecule has 1 unspecified atom stereocenters. The summed E-state index contributed by atoms with van der Waals surface area (Å²) in [7, 11) is -4.48. The van der Waals surface area contributed by atoms with E-state index < -0.39 is 39.5 Å². The van der Waals surface area contributed by atoms with Crippen molar-refractivity contribution in [3.63, 3.8) is 0 Å². The molecule has 0 saturated carbocycles. The highest BCUT2D eigenvalue weighted by Gasteiger charge is 2.30. The van der Waals surface area contributed by atoms with Gasteiger partial charge in [0.05, 0.1) is 15.5 Å². The average molecular weight is 537 g/mol. The number of nitro groups is 1. The largest absolute Gasteiger partial charge is 0.480 e. The Hall–Kier alpha value is -4.97. The number of rotatable bonds is 10. The summed E-state index contributed by atoms with van der Waals surface area (Å²) in [4.78, 5) is 33.6. The fraction of sp³-hybridized carbons (Fsp3) is 0.0769. The number of nitrogens with zero attached hydrogens (tertiary/aromatic N) is 2. The number of carboxylic acids is 2. The molecule has 2 N–H and O–H groups in total. The van der Waals surface area contributed by atoms with Crippen LogP contribution in [0.15, 0.2) is 95.9 Å². The maximum Gasteiger partial charge on any atom is 0.349 e. The number of aliphatic carboxylic acids is 2. The van der Waals surface area contributed by atoms with Gasteiger partial charge < -0.3 is 14.9 Å². The Labute approximate surface area is 216 Å². The molecule has 4 rings (SSSR count). The Balaban J connectivity index is 1.83. The predicted octanol–water partition coefficient (Wildman–Crippen LogP) is 4.23. The minimum absolute atomic E-state index is 0.000267. The molecular formula is C26H20N2O9S. The summed E-state index contributed by atoms with van der Waals surface area (Å²) < 4.78 is 33.6. The molecule has 4 aromatic carbocycles. The van der Waals surface area contributed by atoms with E-state index in [2.05, 4.69) is 0 Å². The van der Waals surface area contributed by atoms with Crippen LogP contribution >= 0.6 is 0 Å². The minimum atomic E-state index is -4.48. The van der Waals surface area contributed by atoms with Crippen molar-refractivity contribution in [3.8, 4) is 5.75 Å². The van der Waals surface area contributed by atoms with Gasteiger partial charge in [-0.2, -0.15) is 0 Å². The van der Waals surface area contributed by atoms with Crippen LogP contribution in [0, 0.1) is 10.1 Å². The molecule has 0 heterocycles. The van der Waals surface area contributed by atoms with E-state index in [0.29, 0.717) is 15.3 Å². The Kier molecular flexibility index (Phi) is 7.26. The fourth-order valence-electron chi connectivity index (χ4n) is 3.88. The van der Waals surface area contributed by atoms with Crippen LogP contribution in [0.3, 0.4) is 0 Å². The van der Waals surface area contributed by atoms with E-state index in [1.165, 1.54) is 12.1 Å². The van der Waals surface area contributed by atoms with Gasteiger partial charge in [0, 0.05) is 28.5 Å². The summed E-state index contributed by atoms with van der Waals surface area (Å²) in [5.41, 5.74) is 0.0637. The molecule has 0 aliphatic carbocycles. The number of sulfonamides is 1. The quantitative estimate of drug-likeness (QED) is 0.223. The van der Waals surface area contributed by atoms with Gasteiger partial charge in [0.1, 0.15) is 12.3 Å². The number of nitro benzene ring substituents is 1. The Morgan fingerprint density at radius 3 is 2.05 bits per heavy atom. The summed E-state index contributed by atoms with van der Waals surface area (Å²) >= 11 is 0. The molecule has 0 aliphatic heterocycles. The molecule has 0 spiro atoms. The van der Waals surface area contributed by atoms with E-state index in [9.17, 15) is 38.3 Å². The fourth-order valence-corrected chi connectivity index (χ4v) is 5.31. The number of fused-ring (bicyclic) bond motifs is 1. The van der Waals surface area contributed by atoms with Crippen molar-refractivity contribution in [3.05, 3.63) is 107 Å². The normalized spacial score (nSPS) is 12.0. The van der Waals surface area contributed by atoms with Crippen LogP contribution in [0.4, 0.5) is 11.4 Å². The van der Waals surface area contributed by atoms with Crippen LogP contribution < -0.4 is 9.04 Å². The highest BCUT2D eigenvalue weighted by Crippen LogP contribution is 2.38. The van der Waals surface area contributed by atoms with Crippen molar-refractivity contribution < 1.29 is 37.9 Å². The lowest BCUT2D eigenvalue weighted by Gasteiger charge is -2.25. The molecular weight excluding hydrogens is 516 g/mol. The van der Waals surface area contributed by atoms with Crippen molar-refractivity contribution in [2.75, 3.05) is 10.8 Å². The Morgan fingerprint density at radius 1 is 0.868 bits per heavy atom. The molecule has 0 aromatic heterocycles. The van der Waals surface area contributed by atoms with Gasteiger partial charge >= 0.3 is 11.9 Å². The van der Waals surface area contributed by atoms with Crippen molar-refractivity contribution >= 4 is 44.1 Å². The smallest absolute Gasteiger partial charge is 0.349 e. The summed E-state index contributed by atoms with van der Waals surface area (Å²) in [5, 5.41) is 30.9. The second-order valence-corrected chi connectivity index (χ2v) is 9.89. The van der Waals surface area contributed by atoms with Gasteiger partial charge in [0.2, 0.25) is 6.10 Å². The lowest BCUT2D eigenvalue weighted by molar-refractivity contribution is -0.384. The second kappa shape index (κ2) is 10.6. The molecule has 194 valence electrons. The van der Waals surface area contributed by atoms with Crippen LogP contribution in [0.1, 0.15) is 11.7 Å².